The van der Waals surface area contributed by atoms with Crippen molar-refractivity contribution in [1.82, 2.24) is 0 Å². The van der Waals surface area contributed by atoms with Gasteiger partial charge in [0.25, 0.3) is 0 Å². The zero-order valence-electron chi connectivity index (χ0n) is 12.3. The molecule has 0 aliphatic rings. The average Bonchev–Trinajstić information content (AvgIpc) is 2.52. The van der Waals surface area contributed by atoms with Crippen molar-refractivity contribution in [3.63, 3.8) is 0 Å². The van der Waals surface area contributed by atoms with E-state index in [2.05, 4.69) is 24.4 Å². The fourth-order valence-electron chi connectivity index (χ4n) is 2.40. The fourth-order valence-corrected chi connectivity index (χ4v) is 2.40. The standard InChI is InChI=1S/C18H21NO2/c1-2-3-12-16(14-9-5-4-6-10-14)19-17-13-8-7-11-15(17)18(20)21/h4-11,13,16,19H,2-3,12H2,1H3,(H,20,21). The van der Waals surface area contributed by atoms with E-state index in [0.29, 0.717) is 11.3 Å². The molecule has 0 amide bonds. The first kappa shape index (κ1) is 15.1. The molecule has 0 saturated carbocycles. The molecule has 3 nitrogen and oxygen atoms in total. The van der Waals surface area contributed by atoms with E-state index in [9.17, 15) is 9.90 Å². The summed E-state index contributed by atoms with van der Waals surface area (Å²) in [4.78, 5) is 11.3. The molecule has 2 rings (SSSR count). The van der Waals surface area contributed by atoms with Gasteiger partial charge in [-0.3, -0.25) is 0 Å². The van der Waals surface area contributed by atoms with Crippen LogP contribution in [0.2, 0.25) is 0 Å². The van der Waals surface area contributed by atoms with E-state index < -0.39 is 5.97 Å². The van der Waals surface area contributed by atoms with E-state index in [1.165, 1.54) is 5.56 Å². The van der Waals surface area contributed by atoms with E-state index in [1.54, 1.807) is 12.1 Å². The van der Waals surface area contributed by atoms with Crippen LogP contribution in [0.4, 0.5) is 5.69 Å². The molecular weight excluding hydrogens is 262 g/mol. The van der Waals surface area contributed by atoms with E-state index >= 15 is 0 Å². The molecule has 1 atom stereocenters. The van der Waals surface area contributed by atoms with Crippen LogP contribution in [0.25, 0.3) is 0 Å². The predicted molar refractivity (Wildman–Crippen MR) is 85.7 cm³/mol. The lowest BCUT2D eigenvalue weighted by Crippen LogP contribution is -2.13. The number of carbonyl (C=O) groups is 1. The summed E-state index contributed by atoms with van der Waals surface area (Å²) in [6, 6.07) is 17.4. The molecule has 0 aromatic heterocycles. The minimum atomic E-state index is -0.902. The van der Waals surface area contributed by atoms with E-state index in [-0.39, 0.29) is 6.04 Å². The highest BCUT2D eigenvalue weighted by molar-refractivity contribution is 5.94. The zero-order chi connectivity index (χ0) is 15.1. The maximum absolute atomic E-state index is 11.3. The van der Waals surface area contributed by atoms with Crippen molar-refractivity contribution >= 4 is 11.7 Å². The SMILES string of the molecule is CCCCC(Nc1ccccc1C(=O)O)c1ccccc1. The minimum Gasteiger partial charge on any atom is -0.478 e. The van der Waals surface area contributed by atoms with Crippen molar-refractivity contribution in [3.8, 4) is 0 Å². The lowest BCUT2D eigenvalue weighted by Gasteiger charge is -2.21. The van der Waals surface area contributed by atoms with Gasteiger partial charge in [-0.1, -0.05) is 62.2 Å². The van der Waals surface area contributed by atoms with Crippen molar-refractivity contribution in [3.05, 3.63) is 65.7 Å². The molecule has 0 aliphatic heterocycles. The number of anilines is 1. The molecule has 0 fully saturated rings. The van der Waals surface area contributed by atoms with E-state index in [4.69, 9.17) is 0 Å². The molecule has 0 bridgehead atoms. The third kappa shape index (κ3) is 4.09. The van der Waals surface area contributed by atoms with Crippen LogP contribution in [-0.2, 0) is 0 Å². The average molecular weight is 283 g/mol. The van der Waals surface area contributed by atoms with Gasteiger partial charge in [0.2, 0.25) is 0 Å². The van der Waals surface area contributed by atoms with Gasteiger partial charge in [0.15, 0.2) is 0 Å². The number of carboxylic acid groups (broad SMARTS) is 1. The second-order valence-corrected chi connectivity index (χ2v) is 5.10. The van der Waals surface area contributed by atoms with Crippen molar-refractivity contribution in [2.75, 3.05) is 5.32 Å². The first-order valence-corrected chi connectivity index (χ1v) is 7.36. The minimum absolute atomic E-state index is 0.131. The van der Waals surface area contributed by atoms with E-state index in [0.717, 1.165) is 19.3 Å². The molecular formula is C18H21NO2. The summed E-state index contributed by atoms with van der Waals surface area (Å²) in [7, 11) is 0. The van der Waals surface area contributed by atoms with Crippen LogP contribution in [0.3, 0.4) is 0 Å². The number of hydrogen-bond donors (Lipinski definition) is 2. The Labute approximate surface area is 125 Å². The van der Waals surface area contributed by atoms with Gasteiger partial charge in [-0.05, 0) is 24.1 Å². The Bertz CT molecular complexity index is 581. The van der Waals surface area contributed by atoms with Crippen LogP contribution < -0.4 is 5.32 Å². The van der Waals surface area contributed by atoms with E-state index in [1.807, 2.05) is 30.3 Å². The Morgan fingerprint density at radius 2 is 1.76 bits per heavy atom. The van der Waals surface area contributed by atoms with Crippen LogP contribution in [-0.4, -0.2) is 11.1 Å². The van der Waals surface area contributed by atoms with Crippen LogP contribution in [0.5, 0.6) is 0 Å². The molecule has 3 heteroatoms. The summed E-state index contributed by atoms with van der Waals surface area (Å²) in [5.41, 5.74) is 2.18. The second-order valence-electron chi connectivity index (χ2n) is 5.10. The highest BCUT2D eigenvalue weighted by atomic mass is 16.4. The quantitative estimate of drug-likeness (QED) is 0.772. The third-order valence-electron chi connectivity index (χ3n) is 3.54. The zero-order valence-corrected chi connectivity index (χ0v) is 12.3. The van der Waals surface area contributed by atoms with Crippen LogP contribution in [0, 0.1) is 0 Å². The molecule has 2 aromatic rings. The van der Waals surface area contributed by atoms with Crippen molar-refractivity contribution in [2.45, 2.75) is 32.2 Å². The molecule has 0 spiro atoms. The van der Waals surface area contributed by atoms with Gasteiger partial charge in [-0.25, -0.2) is 4.79 Å². The smallest absolute Gasteiger partial charge is 0.337 e. The summed E-state index contributed by atoms with van der Waals surface area (Å²) in [6.07, 6.45) is 3.20. The molecule has 0 saturated heterocycles. The largest absolute Gasteiger partial charge is 0.478 e. The summed E-state index contributed by atoms with van der Waals surface area (Å²) in [5, 5.41) is 12.7. The van der Waals surface area contributed by atoms with Gasteiger partial charge < -0.3 is 10.4 Å². The number of aromatic carboxylic acids is 1. The van der Waals surface area contributed by atoms with Crippen LogP contribution in [0.15, 0.2) is 54.6 Å². The van der Waals surface area contributed by atoms with Crippen molar-refractivity contribution in [2.24, 2.45) is 0 Å². The number of unbranched alkanes of at least 4 members (excludes halogenated alkanes) is 1. The topological polar surface area (TPSA) is 49.3 Å². The lowest BCUT2D eigenvalue weighted by molar-refractivity contribution is 0.0698. The number of nitrogens with one attached hydrogen (secondary N) is 1. The Morgan fingerprint density at radius 3 is 2.43 bits per heavy atom. The Hall–Kier alpha value is -2.29. The summed E-state index contributed by atoms with van der Waals surface area (Å²) in [5.74, 6) is -0.902. The van der Waals surface area contributed by atoms with Gasteiger partial charge in [0.1, 0.15) is 0 Å². The maximum atomic E-state index is 11.3. The number of hydrogen-bond acceptors (Lipinski definition) is 2. The van der Waals surface area contributed by atoms with Crippen molar-refractivity contribution < 1.29 is 9.90 Å². The molecule has 2 aromatic carbocycles. The Balaban J connectivity index is 2.25. The summed E-state index contributed by atoms with van der Waals surface area (Å²) < 4.78 is 0. The maximum Gasteiger partial charge on any atom is 0.337 e. The normalized spacial score (nSPS) is 11.9. The highest BCUT2D eigenvalue weighted by Gasteiger charge is 2.15. The van der Waals surface area contributed by atoms with Gasteiger partial charge in [0.05, 0.1) is 11.6 Å². The number of carboxylic acids is 1. The lowest BCUT2D eigenvalue weighted by atomic mass is 10.00. The fraction of sp³-hybridized carbons (Fsp3) is 0.278. The van der Waals surface area contributed by atoms with Gasteiger partial charge >= 0.3 is 5.97 Å². The molecule has 0 radical (unpaired) electrons. The first-order chi connectivity index (χ1) is 10.2. The van der Waals surface area contributed by atoms with Crippen LogP contribution in [0.1, 0.15) is 48.1 Å². The molecule has 2 N–H and O–H groups in total. The van der Waals surface area contributed by atoms with Crippen LogP contribution >= 0.6 is 0 Å². The number of rotatable bonds is 7. The Kier molecular flexibility index (Phi) is 5.38. The van der Waals surface area contributed by atoms with Gasteiger partial charge in [-0.15, -0.1) is 0 Å². The predicted octanol–water partition coefficient (Wildman–Crippen LogP) is 4.73. The molecule has 0 aliphatic carbocycles. The second kappa shape index (κ2) is 7.48. The highest BCUT2D eigenvalue weighted by Crippen LogP contribution is 2.26. The summed E-state index contributed by atoms with van der Waals surface area (Å²) in [6.45, 7) is 2.16. The molecule has 0 heterocycles. The Morgan fingerprint density at radius 1 is 1.10 bits per heavy atom. The van der Waals surface area contributed by atoms with Gasteiger partial charge in [0, 0.05) is 5.69 Å². The van der Waals surface area contributed by atoms with Gasteiger partial charge in [-0.2, -0.15) is 0 Å². The first-order valence-electron chi connectivity index (χ1n) is 7.36. The number of para-hydroxylation sites is 1. The molecule has 110 valence electrons. The van der Waals surface area contributed by atoms with Crippen molar-refractivity contribution in [1.29, 1.82) is 0 Å². The molecule has 1 unspecified atom stereocenters. The monoisotopic (exact) mass is 283 g/mol. The molecule has 21 heavy (non-hydrogen) atoms. The summed E-state index contributed by atoms with van der Waals surface area (Å²) >= 11 is 0. The third-order valence-corrected chi connectivity index (χ3v) is 3.54. The number of benzene rings is 2.